The van der Waals surface area contributed by atoms with E-state index in [0.717, 1.165) is 11.1 Å². The van der Waals surface area contributed by atoms with E-state index in [1.165, 1.54) is 28.3 Å². The summed E-state index contributed by atoms with van der Waals surface area (Å²) >= 11 is 0. The van der Waals surface area contributed by atoms with E-state index >= 15 is 0 Å². The highest BCUT2D eigenvalue weighted by Crippen LogP contribution is 2.39. The van der Waals surface area contributed by atoms with E-state index < -0.39 is 53.8 Å². The van der Waals surface area contributed by atoms with Gasteiger partial charge in [-0.3, -0.25) is 4.79 Å². The average Bonchev–Trinajstić information content (AvgIpc) is 3.20. The van der Waals surface area contributed by atoms with Crippen LogP contribution in [0.3, 0.4) is 0 Å². The van der Waals surface area contributed by atoms with Crippen LogP contribution in [0.5, 0.6) is 11.5 Å². The predicted molar refractivity (Wildman–Crippen MR) is 210 cm³/mol. The summed E-state index contributed by atoms with van der Waals surface area (Å²) in [4.78, 5) is 65.5. The quantitative estimate of drug-likeness (QED) is 0.0872. The molecule has 57 heavy (non-hydrogen) atoms. The maximum absolute atomic E-state index is 13.9. The van der Waals surface area contributed by atoms with Crippen molar-refractivity contribution in [2.75, 3.05) is 21.3 Å². The van der Waals surface area contributed by atoms with Gasteiger partial charge in [-0.25, -0.2) is 19.2 Å². The minimum atomic E-state index is -1.35. The molecule has 0 fully saturated rings. The number of carbonyl (C=O) groups is 5. The number of methoxy groups -OCH3 is 3. The summed E-state index contributed by atoms with van der Waals surface area (Å²) < 4.78 is 32.6. The van der Waals surface area contributed by atoms with Crippen LogP contribution in [-0.4, -0.2) is 69.0 Å². The molecule has 4 aromatic rings. The molecule has 0 heterocycles. The highest BCUT2D eigenvalue weighted by molar-refractivity contribution is 5.91. The van der Waals surface area contributed by atoms with Crippen LogP contribution < -0.4 is 25.4 Å². The molecule has 4 aromatic carbocycles. The fourth-order valence-corrected chi connectivity index (χ4v) is 5.62. The Labute approximate surface area is 332 Å². The molecule has 0 radical (unpaired) electrons. The van der Waals surface area contributed by atoms with Gasteiger partial charge in [0, 0.05) is 17.5 Å². The van der Waals surface area contributed by atoms with Gasteiger partial charge in [-0.1, -0.05) is 72.8 Å². The van der Waals surface area contributed by atoms with Crippen LogP contribution in [0.4, 0.5) is 9.59 Å². The summed E-state index contributed by atoms with van der Waals surface area (Å²) in [6.07, 6.45) is -1.67. The van der Waals surface area contributed by atoms with Crippen LogP contribution in [0.2, 0.25) is 0 Å². The third kappa shape index (κ3) is 13.0. The van der Waals surface area contributed by atoms with Crippen molar-refractivity contribution in [1.82, 2.24) is 16.0 Å². The zero-order chi connectivity index (χ0) is 41.5. The highest BCUT2D eigenvalue weighted by Gasteiger charge is 2.30. The Bertz CT molecular complexity index is 2000. The van der Waals surface area contributed by atoms with E-state index in [0.29, 0.717) is 33.8 Å². The summed E-state index contributed by atoms with van der Waals surface area (Å²) in [7, 11) is 4.17. The van der Waals surface area contributed by atoms with Crippen molar-refractivity contribution < 1.29 is 52.4 Å². The van der Waals surface area contributed by atoms with Crippen LogP contribution in [-0.2, 0) is 53.0 Å². The van der Waals surface area contributed by atoms with Crippen molar-refractivity contribution in [1.29, 1.82) is 0 Å². The standard InChI is InChI=1S/C43H49N3O11/c1-27(39(48)55-25-28-14-10-8-11-15-28)44-38(47)37(46-42(51)57-43(2,3)4)31-19-21-36(53-6)33(24-31)32-22-30(18-20-35(32)52-5)23-34(40(49)54-7)45-41(50)56-26-29-16-12-9-13-17-29/h8-22,24,27,34,37H,23,25-26H2,1-7H3,(H,44,47)(H,45,50)(H,46,51)/t27-,34?,37-/m0/s1. The molecule has 14 nitrogen and oxygen atoms in total. The zero-order valence-corrected chi connectivity index (χ0v) is 33.1. The third-order valence-electron chi connectivity index (χ3n) is 8.40. The van der Waals surface area contributed by atoms with Crippen LogP contribution in [0.15, 0.2) is 97.1 Å². The van der Waals surface area contributed by atoms with Gasteiger partial charge in [0.2, 0.25) is 5.91 Å². The second-order valence-electron chi connectivity index (χ2n) is 13.9. The smallest absolute Gasteiger partial charge is 0.408 e. The van der Waals surface area contributed by atoms with Gasteiger partial charge in [0.05, 0.1) is 21.3 Å². The molecule has 0 spiro atoms. The minimum Gasteiger partial charge on any atom is -0.496 e. The minimum absolute atomic E-state index is 0.00242. The van der Waals surface area contributed by atoms with Gasteiger partial charge in [-0.2, -0.15) is 0 Å². The predicted octanol–water partition coefficient (Wildman–Crippen LogP) is 6.20. The zero-order valence-electron chi connectivity index (χ0n) is 33.1. The van der Waals surface area contributed by atoms with Gasteiger partial charge >= 0.3 is 24.1 Å². The Morgan fingerprint density at radius 1 is 0.614 bits per heavy atom. The molecule has 14 heteroatoms. The van der Waals surface area contributed by atoms with Gasteiger partial charge in [0.15, 0.2) is 0 Å². The topological polar surface area (TPSA) is 177 Å². The van der Waals surface area contributed by atoms with Crippen LogP contribution in [0, 0.1) is 0 Å². The van der Waals surface area contributed by atoms with Crippen LogP contribution in [0.25, 0.3) is 11.1 Å². The van der Waals surface area contributed by atoms with E-state index in [9.17, 15) is 24.0 Å². The first-order chi connectivity index (χ1) is 27.2. The molecule has 4 rings (SSSR count). The van der Waals surface area contributed by atoms with Gasteiger partial charge in [0.1, 0.15) is 48.4 Å². The number of alkyl carbamates (subject to hydrolysis) is 2. The Hall–Kier alpha value is -6.57. The Balaban J connectivity index is 1.64. The fraction of sp³-hybridized carbons (Fsp3) is 0.326. The molecule has 1 unspecified atom stereocenters. The summed E-state index contributed by atoms with van der Waals surface area (Å²) in [6, 6.07) is 24.7. The van der Waals surface area contributed by atoms with Gasteiger partial charge in [-0.05, 0) is 74.2 Å². The molecule has 0 aliphatic heterocycles. The maximum atomic E-state index is 13.9. The SMILES string of the molecule is COC(=O)C(Cc1ccc(OC)c(-c2cc([C@H](NC(=O)OC(C)(C)C)C(=O)N[C@@H](C)C(=O)OCc3ccccc3)ccc2OC)c1)NC(=O)OCc1ccccc1. The molecular weight excluding hydrogens is 734 g/mol. The van der Waals surface area contributed by atoms with Crippen molar-refractivity contribution in [2.45, 2.75) is 71.1 Å². The lowest BCUT2D eigenvalue weighted by Gasteiger charge is -2.25. The number of carbonyl (C=O) groups excluding carboxylic acids is 5. The number of nitrogens with one attached hydrogen (secondary N) is 3. The molecule has 0 aliphatic rings. The Morgan fingerprint density at radius 2 is 1.18 bits per heavy atom. The largest absolute Gasteiger partial charge is 0.496 e. The van der Waals surface area contributed by atoms with Crippen LogP contribution >= 0.6 is 0 Å². The summed E-state index contributed by atoms with van der Waals surface area (Å²) in [6.45, 7) is 6.55. The molecule has 0 saturated carbocycles. The van der Waals surface area contributed by atoms with E-state index in [4.69, 9.17) is 28.4 Å². The first-order valence-electron chi connectivity index (χ1n) is 18.1. The fourth-order valence-electron chi connectivity index (χ4n) is 5.62. The lowest BCUT2D eigenvalue weighted by atomic mass is 9.94. The monoisotopic (exact) mass is 783 g/mol. The number of benzene rings is 4. The van der Waals surface area contributed by atoms with Crippen molar-refractivity contribution in [2.24, 2.45) is 0 Å². The molecule has 0 saturated heterocycles. The lowest BCUT2D eigenvalue weighted by molar-refractivity contribution is -0.148. The van der Waals surface area contributed by atoms with E-state index in [2.05, 4.69) is 16.0 Å². The average molecular weight is 784 g/mol. The summed E-state index contributed by atoms with van der Waals surface area (Å²) in [5.41, 5.74) is 2.53. The summed E-state index contributed by atoms with van der Waals surface area (Å²) in [5.74, 6) is -1.29. The highest BCUT2D eigenvalue weighted by atomic mass is 16.6. The Morgan fingerprint density at radius 3 is 1.74 bits per heavy atom. The van der Waals surface area contributed by atoms with Gasteiger partial charge < -0.3 is 44.4 Å². The maximum Gasteiger partial charge on any atom is 0.408 e. The van der Waals surface area contributed by atoms with Crippen molar-refractivity contribution in [3.05, 3.63) is 119 Å². The lowest BCUT2D eigenvalue weighted by Crippen LogP contribution is -2.47. The van der Waals surface area contributed by atoms with Crippen molar-refractivity contribution in [3.8, 4) is 22.6 Å². The third-order valence-corrected chi connectivity index (χ3v) is 8.40. The van der Waals surface area contributed by atoms with Gasteiger partial charge in [0.25, 0.3) is 0 Å². The molecular formula is C43H49N3O11. The first-order valence-corrected chi connectivity index (χ1v) is 18.1. The molecule has 3 amide bonds. The second-order valence-corrected chi connectivity index (χ2v) is 13.9. The van der Waals surface area contributed by atoms with E-state index in [-0.39, 0.29) is 19.6 Å². The number of ether oxygens (including phenoxy) is 6. The second kappa shape index (κ2) is 20.4. The number of amides is 3. The molecule has 302 valence electrons. The summed E-state index contributed by atoms with van der Waals surface area (Å²) in [5, 5.41) is 7.86. The number of hydrogen-bond acceptors (Lipinski definition) is 11. The number of rotatable bonds is 16. The number of esters is 2. The first kappa shape index (κ1) is 43.2. The number of hydrogen-bond donors (Lipinski definition) is 3. The van der Waals surface area contributed by atoms with E-state index in [1.807, 2.05) is 48.5 Å². The van der Waals surface area contributed by atoms with Crippen LogP contribution in [0.1, 0.15) is 56.0 Å². The molecule has 3 N–H and O–H groups in total. The Kier molecular flexibility index (Phi) is 15.4. The van der Waals surface area contributed by atoms with E-state index in [1.54, 1.807) is 69.3 Å². The van der Waals surface area contributed by atoms with Crippen molar-refractivity contribution in [3.63, 3.8) is 0 Å². The molecule has 0 aromatic heterocycles. The molecule has 0 bridgehead atoms. The normalized spacial score (nSPS) is 12.5. The molecule has 0 aliphatic carbocycles. The van der Waals surface area contributed by atoms with Gasteiger partial charge in [-0.15, -0.1) is 0 Å². The van der Waals surface area contributed by atoms with Crippen molar-refractivity contribution >= 4 is 30.0 Å². The molecule has 3 atom stereocenters.